The summed E-state index contributed by atoms with van der Waals surface area (Å²) in [6.45, 7) is 3.01. The van der Waals surface area contributed by atoms with Gasteiger partial charge in [0.2, 0.25) is 0 Å². The summed E-state index contributed by atoms with van der Waals surface area (Å²) in [5.74, 6) is 0.938. The SMILES string of the molecule is CCOc1cc(/C=C2\SC(=Nc3ccc([N+](=O)[O-])cc3)N(CCc3c[nH]c4ccccc34)C2=O)ccc1OCc1ccccc1Cl. The second-order valence-corrected chi connectivity index (χ2v) is 11.8. The summed E-state index contributed by atoms with van der Waals surface area (Å²) in [7, 11) is 0. The zero-order valence-electron chi connectivity index (χ0n) is 24.8. The maximum absolute atomic E-state index is 13.8. The van der Waals surface area contributed by atoms with Crippen LogP contribution in [-0.2, 0) is 17.8 Å². The smallest absolute Gasteiger partial charge is 0.269 e. The lowest BCUT2D eigenvalue weighted by Crippen LogP contribution is -2.31. The fourth-order valence-corrected chi connectivity index (χ4v) is 6.26. The van der Waals surface area contributed by atoms with Crippen LogP contribution in [0.15, 0.2) is 107 Å². The second-order valence-electron chi connectivity index (χ2n) is 10.4. The van der Waals surface area contributed by atoms with E-state index in [1.807, 2.05) is 79.9 Å². The summed E-state index contributed by atoms with van der Waals surface area (Å²) in [5.41, 5.74) is 4.23. The van der Waals surface area contributed by atoms with Gasteiger partial charge in [0.15, 0.2) is 16.7 Å². The van der Waals surface area contributed by atoms with Crippen LogP contribution in [0.3, 0.4) is 0 Å². The van der Waals surface area contributed by atoms with Crippen LogP contribution in [-0.4, -0.2) is 39.0 Å². The highest BCUT2D eigenvalue weighted by molar-refractivity contribution is 8.18. The number of benzene rings is 4. The molecule has 4 aromatic carbocycles. The number of amidine groups is 1. The van der Waals surface area contributed by atoms with E-state index in [1.165, 1.54) is 23.9 Å². The molecular weight excluding hydrogens is 624 g/mol. The van der Waals surface area contributed by atoms with Crippen molar-refractivity contribution in [2.24, 2.45) is 4.99 Å². The van der Waals surface area contributed by atoms with Crippen molar-refractivity contribution in [1.29, 1.82) is 0 Å². The Morgan fingerprint density at radius 1 is 0.978 bits per heavy atom. The Morgan fingerprint density at radius 3 is 2.54 bits per heavy atom. The van der Waals surface area contributed by atoms with E-state index < -0.39 is 4.92 Å². The van der Waals surface area contributed by atoms with E-state index in [4.69, 9.17) is 26.1 Å². The summed E-state index contributed by atoms with van der Waals surface area (Å²) in [4.78, 5) is 34.7. The molecule has 0 unspecified atom stereocenters. The van der Waals surface area contributed by atoms with Gasteiger partial charge >= 0.3 is 0 Å². The third-order valence-corrected chi connectivity index (χ3v) is 8.73. The van der Waals surface area contributed by atoms with Crippen LogP contribution in [0.2, 0.25) is 5.02 Å². The number of hydrogen-bond donors (Lipinski definition) is 1. The molecule has 0 saturated carbocycles. The van der Waals surface area contributed by atoms with Crippen molar-refractivity contribution < 1.29 is 19.2 Å². The largest absolute Gasteiger partial charge is 0.490 e. The molecule has 0 bridgehead atoms. The zero-order chi connectivity index (χ0) is 32.0. The van der Waals surface area contributed by atoms with Gasteiger partial charge in [-0.2, -0.15) is 0 Å². The van der Waals surface area contributed by atoms with Crippen molar-refractivity contribution >= 4 is 62.8 Å². The van der Waals surface area contributed by atoms with E-state index >= 15 is 0 Å². The number of amides is 1. The number of aromatic nitrogens is 1. The Kier molecular flexibility index (Phi) is 9.37. The first-order valence-corrected chi connectivity index (χ1v) is 15.8. The summed E-state index contributed by atoms with van der Waals surface area (Å²) in [5, 5.41) is 13.4. The number of halogens is 1. The molecule has 1 N–H and O–H groups in total. The van der Waals surface area contributed by atoms with Crippen molar-refractivity contribution in [1.82, 2.24) is 9.88 Å². The van der Waals surface area contributed by atoms with E-state index in [2.05, 4.69) is 11.1 Å². The molecule has 0 spiro atoms. The lowest BCUT2D eigenvalue weighted by Gasteiger charge is -2.15. The molecule has 0 radical (unpaired) electrons. The molecule has 1 fully saturated rings. The molecule has 0 aliphatic carbocycles. The van der Waals surface area contributed by atoms with Gasteiger partial charge < -0.3 is 14.5 Å². The number of aromatic amines is 1. The van der Waals surface area contributed by atoms with Crippen LogP contribution in [0.25, 0.3) is 17.0 Å². The summed E-state index contributed by atoms with van der Waals surface area (Å²) in [6.07, 6.45) is 4.38. The van der Waals surface area contributed by atoms with Gasteiger partial charge in [-0.15, -0.1) is 0 Å². The number of nitrogens with one attached hydrogen (secondary N) is 1. The minimum atomic E-state index is -0.456. The number of aliphatic imine (C=N–C) groups is 1. The topological polar surface area (TPSA) is 110 Å². The van der Waals surface area contributed by atoms with E-state index in [9.17, 15) is 14.9 Å². The van der Waals surface area contributed by atoms with Gasteiger partial charge in [-0.05, 0) is 78.7 Å². The molecule has 46 heavy (non-hydrogen) atoms. The predicted molar refractivity (Wildman–Crippen MR) is 183 cm³/mol. The molecule has 1 aliphatic rings. The predicted octanol–water partition coefficient (Wildman–Crippen LogP) is 8.55. The minimum Gasteiger partial charge on any atom is -0.490 e. The number of H-pyrrole nitrogens is 1. The lowest BCUT2D eigenvalue weighted by atomic mass is 10.1. The highest BCUT2D eigenvalue weighted by atomic mass is 35.5. The highest BCUT2D eigenvalue weighted by Crippen LogP contribution is 2.37. The first kappa shape index (κ1) is 30.9. The number of hydrogen-bond acceptors (Lipinski definition) is 7. The van der Waals surface area contributed by atoms with Gasteiger partial charge in [0.05, 0.1) is 22.1 Å². The van der Waals surface area contributed by atoms with Crippen molar-refractivity contribution in [3.05, 3.63) is 134 Å². The molecule has 1 amide bonds. The van der Waals surface area contributed by atoms with Crippen molar-refractivity contribution in [3.63, 3.8) is 0 Å². The first-order valence-electron chi connectivity index (χ1n) is 14.6. The molecule has 9 nitrogen and oxygen atoms in total. The fourth-order valence-electron chi connectivity index (χ4n) is 5.04. The molecule has 6 rings (SSSR count). The molecule has 5 aromatic rings. The van der Waals surface area contributed by atoms with Crippen LogP contribution in [0, 0.1) is 10.1 Å². The van der Waals surface area contributed by atoms with Gasteiger partial charge in [0.1, 0.15) is 6.61 Å². The number of non-ortho nitro benzene ring substituents is 1. The van der Waals surface area contributed by atoms with Crippen molar-refractivity contribution in [3.8, 4) is 11.5 Å². The van der Waals surface area contributed by atoms with Crippen LogP contribution < -0.4 is 9.47 Å². The van der Waals surface area contributed by atoms with Crippen molar-refractivity contribution in [2.75, 3.05) is 13.2 Å². The standard InChI is InChI=1S/C35H29ClN4O5S/c1-2-44-32-19-23(11-16-31(32)45-22-25-7-3-5-9-29(25)36)20-33-34(41)39(18-17-24-21-37-30-10-6-4-8-28(24)30)35(46-33)38-26-12-14-27(15-13-26)40(42)43/h3-16,19-21,37H,2,17-18,22H2,1H3/b33-20-,38-35?. The lowest BCUT2D eigenvalue weighted by molar-refractivity contribution is -0.384. The maximum Gasteiger partial charge on any atom is 0.269 e. The first-order chi connectivity index (χ1) is 22.4. The number of thioether (sulfide) groups is 1. The van der Waals surface area contributed by atoms with Crippen molar-refractivity contribution in [2.45, 2.75) is 20.0 Å². The number of carbonyl (C=O) groups excluding carboxylic acids is 1. The zero-order valence-corrected chi connectivity index (χ0v) is 26.4. The number of nitro benzene ring substituents is 1. The van der Waals surface area contributed by atoms with Crippen LogP contribution >= 0.6 is 23.4 Å². The molecule has 0 atom stereocenters. The Morgan fingerprint density at radius 2 is 1.76 bits per heavy atom. The van der Waals surface area contributed by atoms with E-state index in [0.29, 0.717) is 51.9 Å². The van der Waals surface area contributed by atoms with Gasteiger partial charge in [-0.1, -0.05) is 54.1 Å². The third kappa shape index (κ3) is 6.93. The molecule has 1 saturated heterocycles. The van der Waals surface area contributed by atoms with E-state index in [0.717, 1.165) is 27.6 Å². The van der Waals surface area contributed by atoms with Crippen LogP contribution in [0.4, 0.5) is 11.4 Å². The number of para-hydroxylation sites is 1. The Bertz CT molecular complexity index is 1970. The van der Waals surface area contributed by atoms with Crippen LogP contribution in [0.5, 0.6) is 11.5 Å². The van der Waals surface area contributed by atoms with Crippen LogP contribution in [0.1, 0.15) is 23.6 Å². The average molecular weight is 653 g/mol. The Hall–Kier alpha value is -5.06. The summed E-state index contributed by atoms with van der Waals surface area (Å²) < 4.78 is 11.9. The number of ether oxygens (including phenoxy) is 2. The second kappa shape index (κ2) is 13.9. The number of fused-ring (bicyclic) bond motifs is 1. The van der Waals surface area contributed by atoms with E-state index in [1.54, 1.807) is 17.0 Å². The summed E-state index contributed by atoms with van der Waals surface area (Å²) >= 11 is 7.56. The molecule has 232 valence electrons. The van der Waals surface area contributed by atoms with Gasteiger partial charge in [0.25, 0.3) is 11.6 Å². The van der Waals surface area contributed by atoms with Gasteiger partial charge in [0, 0.05) is 46.4 Å². The average Bonchev–Trinajstić information content (AvgIpc) is 3.60. The number of carbonyl (C=O) groups is 1. The minimum absolute atomic E-state index is 0.0275. The molecule has 1 aromatic heterocycles. The molecule has 1 aliphatic heterocycles. The molecule has 2 heterocycles. The third-order valence-electron chi connectivity index (χ3n) is 7.36. The van der Waals surface area contributed by atoms with Gasteiger partial charge in [-0.25, -0.2) is 4.99 Å². The Labute approximate surface area is 274 Å². The summed E-state index contributed by atoms with van der Waals surface area (Å²) in [6, 6.07) is 27.0. The normalized spacial score (nSPS) is 14.8. The number of nitrogens with zero attached hydrogens (tertiary/aromatic N) is 3. The fraction of sp³-hybridized carbons (Fsp3) is 0.143. The van der Waals surface area contributed by atoms with E-state index in [-0.39, 0.29) is 18.2 Å². The Balaban J connectivity index is 1.27. The monoisotopic (exact) mass is 652 g/mol. The maximum atomic E-state index is 13.8. The quantitative estimate of drug-likeness (QED) is 0.0870. The number of rotatable bonds is 11. The molecular formula is C35H29ClN4O5S. The molecule has 11 heteroatoms. The van der Waals surface area contributed by atoms with Gasteiger partial charge in [-0.3, -0.25) is 19.8 Å². The number of nitro groups is 1. The highest BCUT2D eigenvalue weighted by Gasteiger charge is 2.33.